The molecule has 1 rings (SSSR count). The zero-order chi connectivity index (χ0) is 9.14. The zero-order valence-electron chi connectivity index (χ0n) is 6.32. The highest BCUT2D eigenvalue weighted by molar-refractivity contribution is 5.45. The fourth-order valence-corrected chi connectivity index (χ4v) is 0.895. The molecule has 0 radical (unpaired) electrons. The van der Waals surface area contributed by atoms with Gasteiger partial charge in [0.15, 0.2) is 0 Å². The van der Waals surface area contributed by atoms with Crippen LogP contribution >= 0.6 is 0 Å². The van der Waals surface area contributed by atoms with Crippen LogP contribution in [0.1, 0.15) is 11.7 Å². The number of nitrogens with two attached hydrogens (primary N) is 1. The van der Waals surface area contributed by atoms with Crippen molar-refractivity contribution in [1.29, 1.82) is 0 Å². The molecule has 1 heterocycles. The summed E-state index contributed by atoms with van der Waals surface area (Å²) in [6.07, 6.45) is 0.277. The maximum absolute atomic E-state index is 10.9. The molecule has 0 saturated carbocycles. The quantitative estimate of drug-likeness (QED) is 0.456. The predicted octanol–water partition coefficient (Wildman–Crippen LogP) is -1.02. The number of nitrogens with one attached hydrogen (secondary N) is 1. The van der Waals surface area contributed by atoms with E-state index >= 15 is 0 Å². The number of aromatic nitrogens is 1. The second-order valence-corrected chi connectivity index (χ2v) is 2.37. The van der Waals surface area contributed by atoms with Gasteiger partial charge in [-0.1, -0.05) is 0 Å². The molecule has 66 valence electrons. The van der Waals surface area contributed by atoms with E-state index in [1.54, 1.807) is 0 Å². The Balaban J connectivity index is 3.16. The van der Waals surface area contributed by atoms with Crippen molar-refractivity contribution in [2.45, 2.75) is 6.10 Å². The number of aromatic amines is 1. The van der Waals surface area contributed by atoms with E-state index in [-0.39, 0.29) is 11.3 Å². The second kappa shape index (κ2) is 3.38. The molecule has 5 heteroatoms. The molecule has 0 aliphatic heterocycles. The molecule has 1 aromatic rings. The summed E-state index contributed by atoms with van der Waals surface area (Å²) < 4.78 is 0. The molecular weight excluding hydrogens is 160 g/mol. The molecule has 0 amide bonds. The number of hydrogen-bond acceptors (Lipinski definition) is 4. The third kappa shape index (κ3) is 1.46. The van der Waals surface area contributed by atoms with Gasteiger partial charge in [0.2, 0.25) is 0 Å². The Kier molecular flexibility index (Phi) is 2.47. The Bertz CT molecular complexity index is 321. The first-order valence-electron chi connectivity index (χ1n) is 3.42. The van der Waals surface area contributed by atoms with Gasteiger partial charge in [-0.3, -0.25) is 4.79 Å². The van der Waals surface area contributed by atoms with Crippen LogP contribution in [0.3, 0.4) is 0 Å². The van der Waals surface area contributed by atoms with Gasteiger partial charge in [0.05, 0.1) is 6.61 Å². The van der Waals surface area contributed by atoms with Crippen LogP contribution in [0.4, 0.5) is 5.69 Å². The minimum absolute atomic E-state index is 0.0564. The number of rotatable bonds is 2. The molecule has 0 aliphatic rings. The number of anilines is 1. The lowest BCUT2D eigenvalue weighted by molar-refractivity contribution is 0.0960. The van der Waals surface area contributed by atoms with Crippen molar-refractivity contribution < 1.29 is 10.2 Å². The molecule has 0 fully saturated rings. The third-order valence-corrected chi connectivity index (χ3v) is 1.56. The largest absolute Gasteiger partial charge is 0.394 e. The van der Waals surface area contributed by atoms with Gasteiger partial charge in [-0.15, -0.1) is 0 Å². The van der Waals surface area contributed by atoms with E-state index in [4.69, 9.17) is 15.9 Å². The van der Waals surface area contributed by atoms with Crippen LogP contribution in [0.2, 0.25) is 0 Å². The van der Waals surface area contributed by atoms with Crippen LogP contribution in [0.5, 0.6) is 0 Å². The molecular formula is C7H10N2O3. The Morgan fingerprint density at radius 2 is 2.33 bits per heavy atom. The summed E-state index contributed by atoms with van der Waals surface area (Å²) >= 11 is 0. The fraction of sp³-hybridized carbons (Fsp3) is 0.286. The zero-order valence-corrected chi connectivity index (χ0v) is 6.32. The predicted molar refractivity (Wildman–Crippen MR) is 43.5 cm³/mol. The summed E-state index contributed by atoms with van der Waals surface area (Å²) in [7, 11) is 0. The van der Waals surface area contributed by atoms with Crippen molar-refractivity contribution in [2.24, 2.45) is 0 Å². The van der Waals surface area contributed by atoms with E-state index in [9.17, 15) is 4.79 Å². The number of aliphatic hydroxyl groups excluding tert-OH is 2. The average molecular weight is 170 g/mol. The highest BCUT2D eigenvalue weighted by Gasteiger charge is 2.10. The Morgan fingerprint density at radius 1 is 1.67 bits per heavy atom. The maximum atomic E-state index is 10.9. The van der Waals surface area contributed by atoms with E-state index in [1.807, 2.05) is 0 Å². The lowest BCUT2D eigenvalue weighted by atomic mass is 10.1. The van der Waals surface area contributed by atoms with Crippen molar-refractivity contribution in [2.75, 3.05) is 12.3 Å². The van der Waals surface area contributed by atoms with Gasteiger partial charge < -0.3 is 20.9 Å². The molecule has 1 atom stereocenters. The molecule has 1 unspecified atom stereocenters. The Hall–Kier alpha value is -1.33. The Labute approximate surface area is 68.5 Å². The minimum Gasteiger partial charge on any atom is -0.394 e. The van der Waals surface area contributed by atoms with E-state index in [0.29, 0.717) is 0 Å². The highest BCUT2D eigenvalue weighted by atomic mass is 16.3. The number of aliphatic hydroxyl groups is 2. The van der Waals surface area contributed by atoms with Crippen LogP contribution in [0.15, 0.2) is 17.1 Å². The SMILES string of the molecule is Nc1c(C(O)CO)cc[nH]c1=O. The summed E-state index contributed by atoms with van der Waals surface area (Å²) in [5, 5.41) is 17.7. The summed E-state index contributed by atoms with van der Waals surface area (Å²) in [6, 6.07) is 1.46. The highest BCUT2D eigenvalue weighted by Crippen LogP contribution is 2.14. The van der Waals surface area contributed by atoms with E-state index in [0.717, 1.165) is 0 Å². The van der Waals surface area contributed by atoms with Gasteiger partial charge in [0, 0.05) is 11.8 Å². The van der Waals surface area contributed by atoms with Gasteiger partial charge in [0.25, 0.3) is 5.56 Å². The lowest BCUT2D eigenvalue weighted by Gasteiger charge is -2.08. The van der Waals surface area contributed by atoms with Gasteiger partial charge >= 0.3 is 0 Å². The summed E-state index contributed by atoms with van der Waals surface area (Å²) in [5.41, 5.74) is 5.08. The van der Waals surface area contributed by atoms with Crippen LogP contribution in [0, 0.1) is 0 Å². The van der Waals surface area contributed by atoms with Gasteiger partial charge in [-0.2, -0.15) is 0 Å². The monoisotopic (exact) mass is 170 g/mol. The van der Waals surface area contributed by atoms with Crippen molar-refractivity contribution in [3.05, 3.63) is 28.2 Å². The first kappa shape index (κ1) is 8.76. The summed E-state index contributed by atoms with van der Waals surface area (Å²) in [6.45, 7) is -0.451. The number of pyridine rings is 1. The molecule has 5 N–H and O–H groups in total. The van der Waals surface area contributed by atoms with Crippen LogP contribution in [-0.4, -0.2) is 21.8 Å². The molecule has 0 saturated heterocycles. The molecule has 0 bridgehead atoms. The fourth-order valence-electron chi connectivity index (χ4n) is 0.895. The van der Waals surface area contributed by atoms with E-state index < -0.39 is 18.3 Å². The summed E-state index contributed by atoms with van der Waals surface area (Å²) in [4.78, 5) is 13.2. The Morgan fingerprint density at radius 3 is 2.92 bits per heavy atom. The van der Waals surface area contributed by atoms with Crippen LogP contribution in [-0.2, 0) is 0 Å². The maximum Gasteiger partial charge on any atom is 0.271 e. The third-order valence-electron chi connectivity index (χ3n) is 1.56. The molecule has 0 aromatic carbocycles. The smallest absolute Gasteiger partial charge is 0.271 e. The first-order valence-corrected chi connectivity index (χ1v) is 3.42. The van der Waals surface area contributed by atoms with Crippen molar-refractivity contribution in [3.8, 4) is 0 Å². The normalized spacial score (nSPS) is 12.8. The van der Waals surface area contributed by atoms with E-state index in [2.05, 4.69) is 4.98 Å². The number of nitrogen functional groups attached to an aromatic ring is 1. The lowest BCUT2D eigenvalue weighted by Crippen LogP contribution is -2.16. The van der Waals surface area contributed by atoms with Crippen LogP contribution < -0.4 is 11.3 Å². The standard InChI is InChI=1S/C7H10N2O3/c8-6-4(5(11)3-10)1-2-9-7(6)12/h1-2,5,10-11H,3,8H2,(H,9,12). The molecule has 0 aliphatic carbocycles. The van der Waals surface area contributed by atoms with Crippen LogP contribution in [0.25, 0.3) is 0 Å². The molecule has 12 heavy (non-hydrogen) atoms. The summed E-state index contributed by atoms with van der Waals surface area (Å²) in [5.74, 6) is 0. The second-order valence-electron chi connectivity index (χ2n) is 2.37. The van der Waals surface area contributed by atoms with Gasteiger partial charge in [-0.25, -0.2) is 0 Å². The first-order chi connectivity index (χ1) is 5.66. The topological polar surface area (TPSA) is 99.3 Å². The number of H-pyrrole nitrogens is 1. The number of hydrogen-bond donors (Lipinski definition) is 4. The van der Waals surface area contributed by atoms with Gasteiger partial charge in [0.1, 0.15) is 11.8 Å². The molecule has 1 aromatic heterocycles. The van der Waals surface area contributed by atoms with Crippen molar-refractivity contribution >= 4 is 5.69 Å². The molecule has 0 spiro atoms. The van der Waals surface area contributed by atoms with Gasteiger partial charge in [-0.05, 0) is 6.07 Å². The van der Waals surface area contributed by atoms with E-state index in [1.165, 1.54) is 12.3 Å². The molecule has 5 nitrogen and oxygen atoms in total. The van der Waals surface area contributed by atoms with Crippen molar-refractivity contribution in [1.82, 2.24) is 4.98 Å². The minimum atomic E-state index is -1.09. The van der Waals surface area contributed by atoms with Crippen molar-refractivity contribution in [3.63, 3.8) is 0 Å². The average Bonchev–Trinajstić information content (AvgIpc) is 2.08.